The summed E-state index contributed by atoms with van der Waals surface area (Å²) in [5.74, 6) is 1.77. The first kappa shape index (κ1) is 16.0. The van der Waals surface area contributed by atoms with Crippen LogP contribution >= 0.6 is 12.2 Å². The molecule has 0 unspecified atom stereocenters. The molecule has 116 valence electrons. The molecule has 1 aromatic heterocycles. The van der Waals surface area contributed by atoms with Crippen LogP contribution in [0.4, 0.5) is 5.69 Å². The molecule has 0 spiro atoms. The van der Waals surface area contributed by atoms with Gasteiger partial charge in [0.15, 0.2) is 16.6 Å². The van der Waals surface area contributed by atoms with Crippen LogP contribution in [0.5, 0.6) is 17.4 Å². The van der Waals surface area contributed by atoms with Crippen molar-refractivity contribution >= 4 is 23.0 Å². The summed E-state index contributed by atoms with van der Waals surface area (Å²) in [5, 5.41) is 6.73. The van der Waals surface area contributed by atoms with Gasteiger partial charge in [0.05, 0.1) is 19.0 Å². The Bertz CT molecular complexity index is 630. The number of thiocarbonyl (C=S) groups is 1. The van der Waals surface area contributed by atoms with Crippen molar-refractivity contribution in [3.8, 4) is 17.4 Å². The molecule has 0 radical (unpaired) electrons. The van der Waals surface area contributed by atoms with E-state index in [1.54, 1.807) is 19.4 Å². The van der Waals surface area contributed by atoms with Crippen LogP contribution in [0.15, 0.2) is 42.6 Å². The Morgan fingerprint density at radius 3 is 2.45 bits per heavy atom. The summed E-state index contributed by atoms with van der Waals surface area (Å²) in [5.41, 5.74) is 0.797. The molecule has 1 aromatic carbocycles. The fraction of sp³-hybridized carbons (Fsp3) is 0.250. The van der Waals surface area contributed by atoms with E-state index >= 15 is 0 Å². The standard InChI is InChI=1S/C16H19N3O2S/c1-11(2)18-16(22)19-12-8-9-15(17-10-12)21-14-7-5-4-6-13(14)20-3/h4-11H,1-3H3,(H2,18,19,22). The summed E-state index contributed by atoms with van der Waals surface area (Å²) < 4.78 is 11.0. The molecule has 0 aliphatic rings. The van der Waals surface area contributed by atoms with Gasteiger partial charge in [-0.05, 0) is 44.3 Å². The van der Waals surface area contributed by atoms with E-state index in [0.29, 0.717) is 22.5 Å². The molecule has 0 amide bonds. The highest BCUT2D eigenvalue weighted by molar-refractivity contribution is 7.80. The van der Waals surface area contributed by atoms with Crippen molar-refractivity contribution in [3.05, 3.63) is 42.6 Å². The van der Waals surface area contributed by atoms with E-state index in [-0.39, 0.29) is 6.04 Å². The molecule has 0 atom stereocenters. The van der Waals surface area contributed by atoms with Gasteiger partial charge in [0.25, 0.3) is 0 Å². The second-order valence-corrected chi connectivity index (χ2v) is 5.30. The van der Waals surface area contributed by atoms with Gasteiger partial charge in [0, 0.05) is 12.1 Å². The second kappa shape index (κ2) is 7.61. The highest BCUT2D eigenvalue weighted by Crippen LogP contribution is 2.30. The number of para-hydroxylation sites is 2. The van der Waals surface area contributed by atoms with Gasteiger partial charge in [-0.25, -0.2) is 4.98 Å². The number of ether oxygens (including phenoxy) is 2. The van der Waals surface area contributed by atoms with E-state index < -0.39 is 0 Å². The zero-order valence-electron chi connectivity index (χ0n) is 12.8. The van der Waals surface area contributed by atoms with Gasteiger partial charge in [-0.3, -0.25) is 0 Å². The Labute approximate surface area is 135 Å². The molecule has 0 saturated heterocycles. The lowest BCUT2D eigenvalue weighted by atomic mass is 10.3. The van der Waals surface area contributed by atoms with Crippen LogP contribution in [-0.2, 0) is 0 Å². The Balaban J connectivity index is 2.01. The fourth-order valence-corrected chi connectivity index (χ4v) is 2.11. The summed E-state index contributed by atoms with van der Waals surface area (Å²) in [7, 11) is 1.60. The molecule has 2 N–H and O–H groups in total. The summed E-state index contributed by atoms with van der Waals surface area (Å²) in [6.07, 6.45) is 1.67. The summed E-state index contributed by atoms with van der Waals surface area (Å²) in [4.78, 5) is 4.25. The third kappa shape index (κ3) is 4.60. The number of nitrogens with one attached hydrogen (secondary N) is 2. The summed E-state index contributed by atoms with van der Waals surface area (Å²) in [6.45, 7) is 4.05. The predicted octanol–water partition coefficient (Wildman–Crippen LogP) is 3.58. The van der Waals surface area contributed by atoms with Gasteiger partial charge in [0.1, 0.15) is 0 Å². The minimum Gasteiger partial charge on any atom is -0.493 e. The average molecular weight is 317 g/mol. The van der Waals surface area contributed by atoms with Crippen LogP contribution in [0, 0.1) is 0 Å². The van der Waals surface area contributed by atoms with Gasteiger partial charge >= 0.3 is 0 Å². The van der Waals surface area contributed by atoms with E-state index in [9.17, 15) is 0 Å². The van der Waals surface area contributed by atoms with E-state index in [2.05, 4.69) is 15.6 Å². The van der Waals surface area contributed by atoms with Crippen molar-refractivity contribution in [1.29, 1.82) is 0 Å². The predicted molar refractivity (Wildman–Crippen MR) is 91.8 cm³/mol. The Hall–Kier alpha value is -2.34. The van der Waals surface area contributed by atoms with Crippen LogP contribution in [-0.4, -0.2) is 23.2 Å². The maximum atomic E-state index is 5.71. The number of rotatable bonds is 5. The van der Waals surface area contributed by atoms with Gasteiger partial charge in [-0.2, -0.15) is 0 Å². The lowest BCUT2D eigenvalue weighted by molar-refractivity contribution is 0.374. The van der Waals surface area contributed by atoms with Crippen molar-refractivity contribution in [1.82, 2.24) is 10.3 Å². The first-order valence-corrected chi connectivity index (χ1v) is 7.33. The molecular weight excluding hydrogens is 298 g/mol. The van der Waals surface area contributed by atoms with Crippen molar-refractivity contribution in [2.24, 2.45) is 0 Å². The van der Waals surface area contributed by atoms with Crippen molar-refractivity contribution in [2.75, 3.05) is 12.4 Å². The monoisotopic (exact) mass is 317 g/mol. The van der Waals surface area contributed by atoms with Gasteiger partial charge < -0.3 is 20.1 Å². The second-order valence-electron chi connectivity index (χ2n) is 4.89. The highest BCUT2D eigenvalue weighted by atomic mass is 32.1. The Morgan fingerprint density at radius 1 is 1.14 bits per heavy atom. The molecule has 5 nitrogen and oxygen atoms in total. The van der Waals surface area contributed by atoms with Crippen LogP contribution in [0.1, 0.15) is 13.8 Å². The number of pyridine rings is 1. The highest BCUT2D eigenvalue weighted by Gasteiger charge is 2.06. The normalized spacial score (nSPS) is 10.2. The number of hydrogen-bond acceptors (Lipinski definition) is 4. The number of hydrogen-bond donors (Lipinski definition) is 2. The number of benzene rings is 1. The SMILES string of the molecule is COc1ccccc1Oc1ccc(NC(=S)NC(C)C)cn1. The molecule has 22 heavy (non-hydrogen) atoms. The van der Waals surface area contributed by atoms with Crippen LogP contribution < -0.4 is 20.1 Å². The Kier molecular flexibility index (Phi) is 5.55. The fourth-order valence-electron chi connectivity index (χ4n) is 1.76. The van der Waals surface area contributed by atoms with Crippen molar-refractivity contribution in [3.63, 3.8) is 0 Å². The number of anilines is 1. The average Bonchev–Trinajstić information content (AvgIpc) is 2.49. The molecule has 0 bridgehead atoms. The maximum Gasteiger partial charge on any atom is 0.219 e. The van der Waals surface area contributed by atoms with Gasteiger partial charge in [-0.1, -0.05) is 12.1 Å². The van der Waals surface area contributed by atoms with E-state index in [1.807, 2.05) is 44.2 Å². The molecule has 0 saturated carbocycles. The Morgan fingerprint density at radius 2 is 1.86 bits per heavy atom. The number of nitrogens with zero attached hydrogens (tertiary/aromatic N) is 1. The van der Waals surface area contributed by atoms with Gasteiger partial charge in [0.2, 0.25) is 5.88 Å². The lowest BCUT2D eigenvalue weighted by Gasteiger charge is -2.13. The van der Waals surface area contributed by atoms with Gasteiger partial charge in [-0.15, -0.1) is 0 Å². The largest absolute Gasteiger partial charge is 0.493 e. The summed E-state index contributed by atoms with van der Waals surface area (Å²) >= 11 is 5.19. The van der Waals surface area contributed by atoms with Crippen LogP contribution in [0.3, 0.4) is 0 Å². The first-order chi connectivity index (χ1) is 10.6. The third-order valence-electron chi connectivity index (χ3n) is 2.70. The zero-order valence-corrected chi connectivity index (χ0v) is 13.6. The van der Waals surface area contributed by atoms with Crippen molar-refractivity contribution < 1.29 is 9.47 Å². The molecule has 6 heteroatoms. The lowest BCUT2D eigenvalue weighted by Crippen LogP contribution is -2.33. The molecule has 2 rings (SSSR count). The molecule has 2 aromatic rings. The van der Waals surface area contributed by atoms with Crippen LogP contribution in [0.25, 0.3) is 0 Å². The van der Waals surface area contributed by atoms with E-state index in [1.165, 1.54) is 0 Å². The molecule has 0 aliphatic heterocycles. The topological polar surface area (TPSA) is 55.4 Å². The van der Waals surface area contributed by atoms with Crippen molar-refractivity contribution in [2.45, 2.75) is 19.9 Å². The van der Waals surface area contributed by atoms with E-state index in [0.717, 1.165) is 5.69 Å². The minimum atomic E-state index is 0.279. The molecule has 1 heterocycles. The quantitative estimate of drug-likeness (QED) is 0.822. The van der Waals surface area contributed by atoms with E-state index in [4.69, 9.17) is 21.7 Å². The third-order valence-corrected chi connectivity index (χ3v) is 2.92. The molecule has 0 fully saturated rings. The molecular formula is C16H19N3O2S. The minimum absolute atomic E-state index is 0.279. The number of methoxy groups -OCH3 is 1. The first-order valence-electron chi connectivity index (χ1n) is 6.93. The maximum absolute atomic E-state index is 5.71. The number of aromatic nitrogens is 1. The zero-order chi connectivity index (χ0) is 15.9. The molecule has 0 aliphatic carbocycles. The smallest absolute Gasteiger partial charge is 0.219 e. The summed E-state index contributed by atoms with van der Waals surface area (Å²) in [6, 6.07) is 11.3. The van der Waals surface area contributed by atoms with Crippen LogP contribution in [0.2, 0.25) is 0 Å².